The van der Waals surface area contributed by atoms with Crippen LogP contribution in [0.3, 0.4) is 0 Å². The summed E-state index contributed by atoms with van der Waals surface area (Å²) in [5, 5.41) is 13.3. The highest BCUT2D eigenvalue weighted by molar-refractivity contribution is 5.85. The molecule has 0 saturated heterocycles. The van der Waals surface area contributed by atoms with Crippen LogP contribution in [0.5, 0.6) is 0 Å². The molecule has 1 aromatic carbocycles. The highest BCUT2D eigenvalue weighted by Crippen LogP contribution is 2.46. The van der Waals surface area contributed by atoms with Crippen LogP contribution < -0.4 is 0 Å². The van der Waals surface area contributed by atoms with Crippen molar-refractivity contribution in [1.82, 2.24) is 15.1 Å². The molecule has 3 aromatic rings. The molecule has 2 fully saturated rings. The smallest absolute Gasteiger partial charge is 0.417 e. The zero-order valence-electron chi connectivity index (χ0n) is 21.4. The summed E-state index contributed by atoms with van der Waals surface area (Å²) in [5.74, 6) is 0.124. The highest BCUT2D eigenvalue weighted by Gasteiger charge is 2.37. The fourth-order valence-corrected chi connectivity index (χ4v) is 4.78. The Balaban J connectivity index is 1.36. The van der Waals surface area contributed by atoms with E-state index in [1.165, 1.54) is 18.2 Å². The number of aryl methyl sites for hydroxylation is 1. The maximum Gasteiger partial charge on any atom is 0.417 e. The van der Waals surface area contributed by atoms with Gasteiger partial charge in [0.2, 0.25) is 5.95 Å². The highest BCUT2D eigenvalue weighted by atomic mass is 19.4. The fraction of sp³-hybridized carbons (Fsp3) is 0.464. The van der Waals surface area contributed by atoms with Crippen LogP contribution in [-0.4, -0.2) is 38.5 Å². The normalized spacial score (nSPS) is 16.9. The Labute approximate surface area is 223 Å². The van der Waals surface area contributed by atoms with Gasteiger partial charge in [0.1, 0.15) is 11.5 Å². The molecule has 8 nitrogen and oxygen atoms in total. The van der Waals surface area contributed by atoms with E-state index in [1.54, 1.807) is 19.2 Å². The Hall–Kier alpha value is -3.60. The molecule has 0 bridgehead atoms. The van der Waals surface area contributed by atoms with Crippen molar-refractivity contribution in [3.63, 3.8) is 0 Å². The molecule has 39 heavy (non-hydrogen) atoms. The minimum atomic E-state index is -4.53. The molecule has 1 N–H and O–H groups in total. The van der Waals surface area contributed by atoms with Gasteiger partial charge in [0, 0.05) is 35.4 Å². The molecule has 206 valence electrons. The molecule has 0 aliphatic heterocycles. The molecule has 1 atom stereocenters. The van der Waals surface area contributed by atoms with E-state index < -0.39 is 17.7 Å². The predicted octanol–water partition coefficient (Wildman–Crippen LogP) is 6.90. The third kappa shape index (κ3) is 6.52. The molecule has 2 saturated carbocycles. The topological polar surface area (TPSA) is 111 Å². The zero-order chi connectivity index (χ0) is 27.6. The molecule has 2 aliphatic rings. The van der Waals surface area contributed by atoms with Gasteiger partial charge in [0.05, 0.1) is 18.3 Å². The number of carboxylic acids is 1. The first kappa shape index (κ1) is 27.0. The van der Waals surface area contributed by atoms with Crippen molar-refractivity contribution in [2.24, 2.45) is 10.9 Å². The van der Waals surface area contributed by atoms with E-state index in [1.807, 2.05) is 0 Å². The van der Waals surface area contributed by atoms with Crippen LogP contribution in [0.2, 0.25) is 0 Å². The first-order valence-electron chi connectivity index (χ1n) is 13.1. The SMILES string of the molecule is Cc1cc(C(=O)O)nc(/N=C/CC(CC2CCC2)OCc2c(-c3ccccc3C(F)(F)F)noc2C2CC2)n1. The second-order valence-corrected chi connectivity index (χ2v) is 10.2. The number of alkyl halides is 3. The number of carbonyl (C=O) groups is 1. The Bertz CT molecular complexity index is 1360. The van der Waals surface area contributed by atoms with Gasteiger partial charge < -0.3 is 14.4 Å². The monoisotopic (exact) mass is 542 g/mol. The molecular weight excluding hydrogens is 513 g/mol. The number of rotatable bonds is 11. The van der Waals surface area contributed by atoms with E-state index in [0.29, 0.717) is 29.4 Å². The lowest BCUT2D eigenvalue weighted by molar-refractivity contribution is -0.137. The number of hydrogen-bond acceptors (Lipinski definition) is 7. The van der Waals surface area contributed by atoms with Crippen LogP contribution >= 0.6 is 0 Å². The lowest BCUT2D eigenvalue weighted by atomic mass is 9.81. The number of nitrogens with zero attached hydrogens (tertiary/aromatic N) is 4. The van der Waals surface area contributed by atoms with Crippen molar-refractivity contribution in [1.29, 1.82) is 0 Å². The summed E-state index contributed by atoms with van der Waals surface area (Å²) in [5.41, 5.74) is 0.279. The van der Waals surface area contributed by atoms with Gasteiger partial charge in [-0.2, -0.15) is 13.2 Å². The lowest BCUT2D eigenvalue weighted by Crippen LogP contribution is -2.22. The molecule has 11 heteroatoms. The second kappa shape index (κ2) is 11.3. The minimum absolute atomic E-state index is 0.0258. The number of ether oxygens (including phenoxy) is 1. The van der Waals surface area contributed by atoms with Gasteiger partial charge in [-0.05, 0) is 44.2 Å². The number of aliphatic imine (C=N–C) groups is 1. The number of benzene rings is 1. The van der Waals surface area contributed by atoms with Crippen molar-refractivity contribution in [2.75, 3.05) is 0 Å². The van der Waals surface area contributed by atoms with Crippen molar-refractivity contribution in [3.05, 3.63) is 58.6 Å². The molecule has 0 spiro atoms. The van der Waals surface area contributed by atoms with Gasteiger partial charge in [0.15, 0.2) is 5.69 Å². The van der Waals surface area contributed by atoms with Crippen LogP contribution in [0, 0.1) is 12.8 Å². The molecular formula is C28H29F3N4O4. The van der Waals surface area contributed by atoms with E-state index in [4.69, 9.17) is 9.26 Å². The first-order chi connectivity index (χ1) is 18.7. The van der Waals surface area contributed by atoms with Crippen LogP contribution in [0.4, 0.5) is 19.1 Å². The van der Waals surface area contributed by atoms with E-state index >= 15 is 0 Å². The van der Waals surface area contributed by atoms with Crippen molar-refractivity contribution in [2.45, 2.75) is 76.7 Å². The molecule has 0 amide bonds. The number of halogens is 3. The van der Waals surface area contributed by atoms with E-state index in [2.05, 4.69) is 20.1 Å². The van der Waals surface area contributed by atoms with E-state index in [0.717, 1.165) is 44.6 Å². The Kier molecular flexibility index (Phi) is 7.79. The summed E-state index contributed by atoms with van der Waals surface area (Å²) in [6.07, 6.45) is 3.18. The van der Waals surface area contributed by atoms with Crippen LogP contribution in [0.15, 0.2) is 39.8 Å². The molecule has 0 radical (unpaired) electrons. The van der Waals surface area contributed by atoms with Crippen LogP contribution in [0.25, 0.3) is 11.3 Å². The maximum atomic E-state index is 13.8. The second-order valence-electron chi connectivity index (χ2n) is 10.2. The number of carboxylic acid groups (broad SMARTS) is 1. The third-order valence-corrected chi connectivity index (χ3v) is 7.18. The summed E-state index contributed by atoms with van der Waals surface area (Å²) in [6, 6.07) is 6.74. The van der Waals surface area contributed by atoms with Crippen molar-refractivity contribution >= 4 is 18.1 Å². The molecule has 2 heterocycles. The summed E-state index contributed by atoms with van der Waals surface area (Å²) in [4.78, 5) is 23.7. The van der Waals surface area contributed by atoms with Crippen molar-refractivity contribution < 1.29 is 32.3 Å². The Morgan fingerprint density at radius 2 is 2.00 bits per heavy atom. The van der Waals surface area contributed by atoms with Gasteiger partial charge in [-0.1, -0.05) is 42.6 Å². The van der Waals surface area contributed by atoms with E-state index in [-0.39, 0.29) is 41.5 Å². The van der Waals surface area contributed by atoms with Crippen LogP contribution in [-0.2, 0) is 17.5 Å². The quantitative estimate of drug-likeness (QED) is 0.262. The van der Waals surface area contributed by atoms with Crippen LogP contribution in [0.1, 0.15) is 83.9 Å². The van der Waals surface area contributed by atoms with Gasteiger partial charge in [0.25, 0.3) is 0 Å². The summed E-state index contributed by atoms with van der Waals surface area (Å²) in [7, 11) is 0. The zero-order valence-corrected chi connectivity index (χ0v) is 21.4. The van der Waals surface area contributed by atoms with E-state index in [9.17, 15) is 23.1 Å². The minimum Gasteiger partial charge on any atom is -0.477 e. The van der Waals surface area contributed by atoms with Crippen molar-refractivity contribution in [3.8, 4) is 11.3 Å². The summed E-state index contributed by atoms with van der Waals surface area (Å²) >= 11 is 0. The third-order valence-electron chi connectivity index (χ3n) is 7.18. The average molecular weight is 543 g/mol. The van der Waals surface area contributed by atoms with Gasteiger partial charge in [-0.25, -0.2) is 19.8 Å². The average Bonchev–Trinajstić information content (AvgIpc) is 3.62. The fourth-order valence-electron chi connectivity index (χ4n) is 4.78. The molecule has 1 unspecified atom stereocenters. The first-order valence-corrected chi connectivity index (χ1v) is 13.1. The molecule has 5 rings (SSSR count). The Morgan fingerprint density at radius 3 is 2.67 bits per heavy atom. The predicted molar refractivity (Wildman–Crippen MR) is 136 cm³/mol. The number of aromatic carboxylic acids is 1. The maximum absolute atomic E-state index is 13.8. The Morgan fingerprint density at radius 1 is 1.23 bits per heavy atom. The molecule has 2 aliphatic carbocycles. The largest absolute Gasteiger partial charge is 0.477 e. The number of hydrogen-bond donors (Lipinski definition) is 1. The summed E-state index contributed by atoms with van der Waals surface area (Å²) < 4.78 is 53.2. The molecule has 2 aromatic heterocycles. The van der Waals surface area contributed by atoms with Gasteiger partial charge in [-0.15, -0.1) is 0 Å². The van der Waals surface area contributed by atoms with Gasteiger partial charge in [-0.3, -0.25) is 0 Å². The lowest BCUT2D eigenvalue weighted by Gasteiger charge is -2.29. The standard InChI is InChI=1S/C28H29F3N4O4/c1-16-13-23(26(36)37)34-27(33-16)32-12-11-19(14-17-5-4-6-17)38-15-21-24(35-39-25(21)18-9-10-18)20-7-2-3-8-22(20)28(29,30)31/h2-3,7-8,12-13,17-19H,4-6,9-11,14-15H2,1H3,(H,36,37)/b32-12+. The summed E-state index contributed by atoms with van der Waals surface area (Å²) in [6.45, 7) is 1.73. The number of aromatic nitrogens is 3. The van der Waals surface area contributed by atoms with Gasteiger partial charge >= 0.3 is 12.1 Å².